The molecule has 2 heterocycles. The quantitative estimate of drug-likeness (QED) is 0.741. The summed E-state index contributed by atoms with van der Waals surface area (Å²) < 4.78 is 5.03. The molecule has 1 fully saturated rings. The first kappa shape index (κ1) is 17.5. The normalized spacial score (nSPS) is 14.7. The van der Waals surface area contributed by atoms with Crippen molar-refractivity contribution in [3.63, 3.8) is 0 Å². The summed E-state index contributed by atoms with van der Waals surface area (Å²) in [5, 5.41) is 7.77. The highest BCUT2D eigenvalue weighted by atomic mass is 35.5. The topological polar surface area (TPSA) is 97.4 Å². The lowest BCUT2D eigenvalue weighted by Crippen LogP contribution is -2.38. The fraction of sp³-hybridized carbons (Fsp3) is 0.333. The lowest BCUT2D eigenvalue weighted by Gasteiger charge is -2.12. The minimum Gasteiger partial charge on any atom is -0.459 e. The molecule has 0 spiro atoms. The fourth-order valence-electron chi connectivity index (χ4n) is 2.15. The number of halogens is 1. The van der Waals surface area contributed by atoms with Gasteiger partial charge in [-0.05, 0) is 42.3 Å². The highest BCUT2D eigenvalue weighted by Gasteiger charge is 2.28. The third-order valence-corrected chi connectivity index (χ3v) is 4.44. The molecule has 1 aliphatic rings. The smallest absolute Gasteiger partial charge is 0.291 e. The molecule has 1 saturated carbocycles. The molecule has 8 heteroatoms. The molecule has 1 unspecified atom stereocenters. The van der Waals surface area contributed by atoms with Crippen LogP contribution in [0.15, 0.2) is 34.3 Å². The van der Waals surface area contributed by atoms with E-state index in [2.05, 4.69) is 10.6 Å². The van der Waals surface area contributed by atoms with E-state index in [4.69, 9.17) is 10.2 Å². The third kappa shape index (κ3) is 4.34. The van der Waals surface area contributed by atoms with Gasteiger partial charge in [-0.3, -0.25) is 9.59 Å². The Kier molecular flexibility index (Phi) is 5.81. The van der Waals surface area contributed by atoms with Crippen molar-refractivity contribution in [3.05, 3.63) is 41.2 Å². The van der Waals surface area contributed by atoms with Crippen LogP contribution in [0.4, 0.5) is 5.00 Å². The van der Waals surface area contributed by atoms with E-state index in [1.54, 1.807) is 23.6 Å². The molecule has 1 aliphatic carbocycles. The summed E-state index contributed by atoms with van der Waals surface area (Å²) in [5.41, 5.74) is 6.41. The Morgan fingerprint density at radius 3 is 2.78 bits per heavy atom. The van der Waals surface area contributed by atoms with E-state index in [0.29, 0.717) is 23.0 Å². The first-order chi connectivity index (χ1) is 10.6. The molecule has 0 bridgehead atoms. The van der Waals surface area contributed by atoms with Crippen LogP contribution in [-0.2, 0) is 0 Å². The number of hydrogen-bond donors (Lipinski definition) is 3. The number of furan rings is 1. The van der Waals surface area contributed by atoms with Crippen molar-refractivity contribution in [2.45, 2.75) is 18.9 Å². The average Bonchev–Trinajstić information content (AvgIpc) is 3.02. The molecule has 2 aromatic heterocycles. The Labute approximate surface area is 143 Å². The van der Waals surface area contributed by atoms with Gasteiger partial charge in [0, 0.05) is 12.6 Å². The van der Waals surface area contributed by atoms with E-state index in [1.807, 2.05) is 0 Å². The van der Waals surface area contributed by atoms with Gasteiger partial charge in [0.05, 0.1) is 11.8 Å². The summed E-state index contributed by atoms with van der Waals surface area (Å²) in [6.07, 6.45) is 3.70. The van der Waals surface area contributed by atoms with Crippen molar-refractivity contribution in [3.8, 4) is 0 Å². The number of carbonyl (C=O) groups is 2. The molecule has 2 aromatic rings. The van der Waals surface area contributed by atoms with Gasteiger partial charge in [0.25, 0.3) is 11.8 Å². The van der Waals surface area contributed by atoms with Crippen LogP contribution < -0.4 is 16.4 Å². The minimum absolute atomic E-state index is 0. The second kappa shape index (κ2) is 7.63. The van der Waals surface area contributed by atoms with Gasteiger partial charge in [0.2, 0.25) is 0 Å². The summed E-state index contributed by atoms with van der Waals surface area (Å²) in [7, 11) is 0. The second-order valence-corrected chi connectivity index (χ2v) is 6.22. The number of anilines is 1. The number of hydrogen-bond acceptors (Lipinski definition) is 5. The zero-order valence-electron chi connectivity index (χ0n) is 12.3. The van der Waals surface area contributed by atoms with Crippen LogP contribution in [0.25, 0.3) is 0 Å². The summed E-state index contributed by atoms with van der Waals surface area (Å²) in [6, 6.07) is 4.89. The van der Waals surface area contributed by atoms with Crippen LogP contribution in [-0.4, -0.2) is 24.4 Å². The van der Waals surface area contributed by atoms with E-state index >= 15 is 0 Å². The summed E-state index contributed by atoms with van der Waals surface area (Å²) >= 11 is 1.29. The van der Waals surface area contributed by atoms with Crippen LogP contribution in [0.3, 0.4) is 0 Å². The number of thiophene rings is 1. The van der Waals surface area contributed by atoms with Crippen molar-refractivity contribution >= 4 is 40.6 Å². The van der Waals surface area contributed by atoms with Crippen LogP contribution in [0, 0.1) is 5.92 Å². The molecule has 2 amide bonds. The monoisotopic (exact) mass is 355 g/mol. The molecule has 0 aromatic carbocycles. The number of rotatable bonds is 6. The maximum absolute atomic E-state index is 12.2. The molecular weight excluding hydrogens is 338 g/mol. The van der Waals surface area contributed by atoms with E-state index in [1.165, 1.54) is 17.6 Å². The lowest BCUT2D eigenvalue weighted by atomic mass is 10.2. The van der Waals surface area contributed by atoms with Gasteiger partial charge in [-0.25, -0.2) is 0 Å². The Balaban J connectivity index is 0.00000192. The van der Waals surface area contributed by atoms with Crippen LogP contribution >= 0.6 is 23.7 Å². The van der Waals surface area contributed by atoms with Crippen molar-refractivity contribution < 1.29 is 14.0 Å². The maximum atomic E-state index is 12.2. The maximum Gasteiger partial charge on any atom is 0.291 e. The largest absolute Gasteiger partial charge is 0.459 e. The molecule has 0 radical (unpaired) electrons. The van der Waals surface area contributed by atoms with Crippen molar-refractivity contribution in [1.82, 2.24) is 5.32 Å². The molecule has 1 atom stereocenters. The van der Waals surface area contributed by atoms with Gasteiger partial charge < -0.3 is 20.8 Å². The first-order valence-electron chi connectivity index (χ1n) is 7.11. The summed E-state index contributed by atoms with van der Waals surface area (Å²) in [4.78, 5) is 24.2. The van der Waals surface area contributed by atoms with Crippen molar-refractivity contribution in [1.29, 1.82) is 0 Å². The highest BCUT2D eigenvalue weighted by Crippen LogP contribution is 2.31. The average molecular weight is 356 g/mol. The molecule has 0 saturated heterocycles. The molecule has 23 heavy (non-hydrogen) atoms. The number of nitrogens with two attached hydrogens (primary N) is 1. The zero-order chi connectivity index (χ0) is 15.5. The van der Waals surface area contributed by atoms with E-state index in [9.17, 15) is 9.59 Å². The predicted molar refractivity (Wildman–Crippen MR) is 91.3 cm³/mol. The number of carbonyl (C=O) groups excluding carboxylic acids is 2. The Morgan fingerprint density at radius 1 is 1.35 bits per heavy atom. The van der Waals surface area contributed by atoms with E-state index in [0.717, 1.165) is 12.8 Å². The van der Waals surface area contributed by atoms with E-state index in [-0.39, 0.29) is 36.0 Å². The fourth-order valence-corrected chi connectivity index (χ4v) is 2.93. The predicted octanol–water partition coefficient (Wildman–Crippen LogP) is 2.48. The molecular formula is C15H18ClN3O3S. The van der Waals surface area contributed by atoms with Gasteiger partial charge in [-0.1, -0.05) is 0 Å². The molecule has 4 N–H and O–H groups in total. The molecule has 124 valence electrons. The summed E-state index contributed by atoms with van der Waals surface area (Å²) in [6.45, 7) is 0.449. The SMILES string of the molecule is Cl.NC(CNC(=O)c1ccsc1NC(=O)c1ccco1)C1CC1. The van der Waals surface area contributed by atoms with Gasteiger partial charge in [0.1, 0.15) is 5.00 Å². The zero-order valence-corrected chi connectivity index (χ0v) is 13.9. The van der Waals surface area contributed by atoms with Gasteiger partial charge in [0.15, 0.2) is 5.76 Å². The van der Waals surface area contributed by atoms with Crippen molar-refractivity contribution in [2.75, 3.05) is 11.9 Å². The van der Waals surface area contributed by atoms with Gasteiger partial charge in [-0.2, -0.15) is 0 Å². The van der Waals surface area contributed by atoms with Crippen LogP contribution in [0.1, 0.15) is 33.8 Å². The van der Waals surface area contributed by atoms with Crippen LogP contribution in [0.2, 0.25) is 0 Å². The lowest BCUT2D eigenvalue weighted by molar-refractivity contribution is 0.0951. The third-order valence-electron chi connectivity index (χ3n) is 3.61. The highest BCUT2D eigenvalue weighted by molar-refractivity contribution is 7.14. The Hall–Kier alpha value is -1.83. The Morgan fingerprint density at radius 2 is 2.13 bits per heavy atom. The Bertz CT molecular complexity index is 667. The van der Waals surface area contributed by atoms with Crippen LogP contribution in [0.5, 0.6) is 0 Å². The minimum atomic E-state index is -0.379. The summed E-state index contributed by atoms with van der Waals surface area (Å²) in [5.74, 6) is 0.125. The second-order valence-electron chi connectivity index (χ2n) is 5.31. The first-order valence-corrected chi connectivity index (χ1v) is 7.99. The van der Waals surface area contributed by atoms with Gasteiger partial charge in [-0.15, -0.1) is 23.7 Å². The standard InChI is InChI=1S/C15H17N3O3S.ClH/c16-11(9-3-4-9)8-17-13(19)10-5-7-22-15(10)18-14(20)12-2-1-6-21-12;/h1-2,5-7,9,11H,3-4,8,16H2,(H,17,19)(H,18,20);1H. The molecule has 3 rings (SSSR count). The number of amides is 2. The molecule has 6 nitrogen and oxygen atoms in total. The van der Waals surface area contributed by atoms with E-state index < -0.39 is 0 Å². The molecule has 0 aliphatic heterocycles. The van der Waals surface area contributed by atoms with Gasteiger partial charge >= 0.3 is 0 Å². The van der Waals surface area contributed by atoms with Crippen molar-refractivity contribution in [2.24, 2.45) is 11.7 Å². The number of nitrogens with one attached hydrogen (secondary N) is 2.